The summed E-state index contributed by atoms with van der Waals surface area (Å²) in [5.74, 6) is -0.728. The largest absolute Gasteiger partial charge is 0.339 e. The molecule has 2 aromatic carbocycles. The molecule has 0 radical (unpaired) electrons. The van der Waals surface area contributed by atoms with Crippen LogP contribution in [0.15, 0.2) is 71.0 Å². The van der Waals surface area contributed by atoms with Gasteiger partial charge in [-0.2, -0.15) is 4.31 Å². The maximum absolute atomic E-state index is 14.0. The van der Waals surface area contributed by atoms with Crippen LogP contribution in [0.25, 0.3) is 5.69 Å². The van der Waals surface area contributed by atoms with Crippen molar-refractivity contribution in [2.45, 2.75) is 10.1 Å². The van der Waals surface area contributed by atoms with Crippen molar-refractivity contribution < 1.29 is 17.6 Å². The molecule has 1 aliphatic rings. The molecule has 1 amide bonds. The van der Waals surface area contributed by atoms with Crippen LogP contribution in [0.2, 0.25) is 5.02 Å². The zero-order chi connectivity index (χ0) is 22.7. The van der Waals surface area contributed by atoms with Gasteiger partial charge in [0, 0.05) is 49.3 Å². The molecule has 3 aromatic rings. The van der Waals surface area contributed by atoms with E-state index in [2.05, 4.69) is 4.98 Å². The number of carbonyl (C=O) groups is 1. The quantitative estimate of drug-likeness (QED) is 0.491. The highest BCUT2D eigenvalue weighted by molar-refractivity contribution is 7.99. The van der Waals surface area contributed by atoms with Crippen molar-refractivity contribution >= 4 is 39.3 Å². The van der Waals surface area contributed by atoms with Gasteiger partial charge in [-0.1, -0.05) is 41.6 Å². The first-order valence-corrected chi connectivity index (χ1v) is 12.6. The average molecular weight is 495 g/mol. The van der Waals surface area contributed by atoms with E-state index < -0.39 is 15.8 Å². The van der Waals surface area contributed by atoms with E-state index in [9.17, 15) is 17.6 Å². The van der Waals surface area contributed by atoms with Crippen LogP contribution in [0.5, 0.6) is 0 Å². The summed E-state index contributed by atoms with van der Waals surface area (Å²) in [5.41, 5.74) is 0.844. The van der Waals surface area contributed by atoms with Gasteiger partial charge in [0.2, 0.25) is 15.9 Å². The summed E-state index contributed by atoms with van der Waals surface area (Å²) in [7, 11) is -3.94. The van der Waals surface area contributed by atoms with Crippen molar-refractivity contribution in [2.24, 2.45) is 0 Å². The second-order valence-electron chi connectivity index (χ2n) is 7.06. The highest BCUT2D eigenvalue weighted by Crippen LogP contribution is 2.24. The lowest BCUT2D eigenvalue weighted by Gasteiger charge is -2.34. The van der Waals surface area contributed by atoms with Gasteiger partial charge in [0.15, 0.2) is 5.16 Å². The first-order chi connectivity index (χ1) is 15.4. The van der Waals surface area contributed by atoms with E-state index in [-0.39, 0.29) is 42.7 Å². The zero-order valence-electron chi connectivity index (χ0n) is 16.9. The number of thioether (sulfide) groups is 1. The summed E-state index contributed by atoms with van der Waals surface area (Å²) in [6.45, 7) is 0.722. The van der Waals surface area contributed by atoms with Crippen molar-refractivity contribution in [3.8, 4) is 5.69 Å². The number of imidazole rings is 1. The topological polar surface area (TPSA) is 75.5 Å². The summed E-state index contributed by atoms with van der Waals surface area (Å²) in [4.78, 5) is 18.3. The van der Waals surface area contributed by atoms with Gasteiger partial charge < -0.3 is 4.90 Å². The van der Waals surface area contributed by atoms with Crippen LogP contribution >= 0.6 is 23.4 Å². The van der Waals surface area contributed by atoms with Crippen molar-refractivity contribution in [1.82, 2.24) is 18.8 Å². The van der Waals surface area contributed by atoms with Gasteiger partial charge in [-0.25, -0.2) is 17.8 Å². The van der Waals surface area contributed by atoms with Crippen LogP contribution in [-0.4, -0.2) is 65.0 Å². The zero-order valence-corrected chi connectivity index (χ0v) is 19.3. The van der Waals surface area contributed by atoms with Crippen LogP contribution in [0.3, 0.4) is 0 Å². The summed E-state index contributed by atoms with van der Waals surface area (Å²) >= 11 is 7.36. The Balaban J connectivity index is 1.35. The second-order valence-corrected chi connectivity index (χ2v) is 10.3. The van der Waals surface area contributed by atoms with E-state index in [1.54, 1.807) is 23.4 Å². The third kappa shape index (κ3) is 4.83. The number of rotatable bonds is 6. The smallest absolute Gasteiger partial charge is 0.246 e. The van der Waals surface area contributed by atoms with Gasteiger partial charge in [0.1, 0.15) is 10.7 Å². The minimum absolute atomic E-state index is 0.112. The van der Waals surface area contributed by atoms with Crippen LogP contribution < -0.4 is 0 Å². The Morgan fingerprint density at radius 2 is 1.84 bits per heavy atom. The fourth-order valence-corrected chi connectivity index (χ4v) is 5.96. The molecule has 1 saturated heterocycles. The molecule has 1 aromatic heterocycles. The minimum Gasteiger partial charge on any atom is -0.339 e. The van der Waals surface area contributed by atoms with Gasteiger partial charge in [0.05, 0.1) is 5.75 Å². The maximum Gasteiger partial charge on any atom is 0.246 e. The van der Waals surface area contributed by atoms with Crippen LogP contribution in [-0.2, 0) is 14.8 Å². The van der Waals surface area contributed by atoms with Crippen molar-refractivity contribution in [3.05, 3.63) is 71.8 Å². The number of aromatic nitrogens is 2. The lowest BCUT2D eigenvalue weighted by Crippen LogP contribution is -2.51. The van der Waals surface area contributed by atoms with Crippen LogP contribution in [0.1, 0.15) is 0 Å². The Morgan fingerprint density at radius 3 is 2.56 bits per heavy atom. The molecule has 0 saturated carbocycles. The van der Waals surface area contributed by atoms with Crippen molar-refractivity contribution in [2.75, 3.05) is 31.9 Å². The Bertz CT molecular complexity index is 1230. The molecule has 7 nitrogen and oxygen atoms in total. The fourth-order valence-electron chi connectivity index (χ4n) is 3.41. The fraction of sp³-hybridized carbons (Fsp3) is 0.238. The minimum atomic E-state index is -3.94. The summed E-state index contributed by atoms with van der Waals surface area (Å²) in [6.07, 6.45) is 3.45. The molecular weight excluding hydrogens is 475 g/mol. The molecule has 0 spiro atoms. The lowest BCUT2D eigenvalue weighted by molar-refractivity contribution is -0.129. The molecule has 11 heteroatoms. The van der Waals surface area contributed by atoms with E-state index in [0.717, 1.165) is 11.8 Å². The number of piperazine rings is 1. The van der Waals surface area contributed by atoms with E-state index in [1.807, 2.05) is 22.8 Å². The number of sulfonamides is 1. The first-order valence-electron chi connectivity index (χ1n) is 9.81. The number of carbonyl (C=O) groups excluding carboxylic acids is 1. The van der Waals surface area contributed by atoms with E-state index in [0.29, 0.717) is 10.2 Å². The van der Waals surface area contributed by atoms with Gasteiger partial charge in [0.25, 0.3) is 0 Å². The van der Waals surface area contributed by atoms with Crippen LogP contribution in [0, 0.1) is 5.82 Å². The lowest BCUT2D eigenvalue weighted by atomic mass is 10.3. The first kappa shape index (κ1) is 22.8. The molecule has 2 heterocycles. The van der Waals surface area contributed by atoms with Gasteiger partial charge >= 0.3 is 0 Å². The molecule has 0 bridgehead atoms. The van der Waals surface area contributed by atoms with E-state index >= 15 is 0 Å². The molecule has 0 aliphatic carbocycles. The molecule has 168 valence electrons. The number of amides is 1. The Kier molecular flexibility index (Phi) is 6.85. The van der Waals surface area contributed by atoms with Gasteiger partial charge in [-0.15, -0.1) is 0 Å². The Morgan fingerprint density at radius 1 is 1.09 bits per heavy atom. The highest BCUT2D eigenvalue weighted by Gasteiger charge is 2.31. The van der Waals surface area contributed by atoms with Crippen molar-refractivity contribution in [3.63, 3.8) is 0 Å². The molecule has 0 unspecified atom stereocenters. The molecule has 0 N–H and O–H groups in total. The van der Waals surface area contributed by atoms with Crippen LogP contribution in [0.4, 0.5) is 4.39 Å². The number of hydrogen-bond donors (Lipinski definition) is 0. The summed E-state index contributed by atoms with van der Waals surface area (Å²) in [5, 5.41) is 1.26. The third-order valence-corrected chi connectivity index (χ3v) is 8.18. The number of hydrogen-bond acceptors (Lipinski definition) is 5. The molecule has 1 fully saturated rings. The maximum atomic E-state index is 14.0. The SMILES string of the molecule is O=C(CSc1nccn1-c1cccc(Cl)c1)N1CCN(S(=O)(=O)c2ccccc2F)CC1. The Labute approximate surface area is 194 Å². The standard InChI is InChI=1S/C21H20ClFN4O3S2/c22-16-4-3-5-17(14-16)27-9-8-24-21(27)31-15-20(28)25-10-12-26(13-11-25)32(29,30)19-7-2-1-6-18(19)23/h1-9,14H,10-13,15H2. The molecule has 0 atom stereocenters. The number of nitrogens with zero attached hydrogens (tertiary/aromatic N) is 4. The molecule has 32 heavy (non-hydrogen) atoms. The molecular formula is C21H20ClFN4O3S2. The summed E-state index contributed by atoms with van der Waals surface area (Å²) < 4.78 is 42.5. The van der Waals surface area contributed by atoms with E-state index in [4.69, 9.17) is 11.6 Å². The van der Waals surface area contributed by atoms with Crippen molar-refractivity contribution in [1.29, 1.82) is 0 Å². The number of benzene rings is 2. The normalized spacial score (nSPS) is 15.1. The third-order valence-electron chi connectivity index (χ3n) is 5.06. The monoisotopic (exact) mass is 494 g/mol. The predicted molar refractivity (Wildman–Crippen MR) is 121 cm³/mol. The van der Waals surface area contributed by atoms with E-state index in [1.165, 1.54) is 34.3 Å². The Hall–Kier alpha value is -2.40. The summed E-state index contributed by atoms with van der Waals surface area (Å²) in [6, 6.07) is 12.6. The van der Waals surface area contributed by atoms with Gasteiger partial charge in [-0.05, 0) is 30.3 Å². The van der Waals surface area contributed by atoms with Gasteiger partial charge in [-0.3, -0.25) is 9.36 Å². The average Bonchev–Trinajstić information content (AvgIpc) is 3.26. The molecule has 4 rings (SSSR count). The predicted octanol–water partition coefficient (Wildman–Crippen LogP) is 3.29. The highest BCUT2D eigenvalue weighted by atomic mass is 35.5. The number of halogens is 2. The second kappa shape index (κ2) is 9.62. The molecule has 1 aliphatic heterocycles.